The molecule has 0 aliphatic carbocycles. The number of hydrogen-bond donors (Lipinski definition) is 0. The number of hydrogen-bond acceptors (Lipinski definition) is 6. The fourth-order valence-electron chi connectivity index (χ4n) is 2.91. The van der Waals surface area contributed by atoms with E-state index >= 15 is 0 Å². The summed E-state index contributed by atoms with van der Waals surface area (Å²) in [5.41, 5.74) is 0.693. The summed E-state index contributed by atoms with van der Waals surface area (Å²) in [4.78, 5) is 21.9. The number of amides is 1. The van der Waals surface area contributed by atoms with Gasteiger partial charge < -0.3 is 9.64 Å². The van der Waals surface area contributed by atoms with Crippen LogP contribution in [0.15, 0.2) is 11.2 Å². The summed E-state index contributed by atoms with van der Waals surface area (Å²) in [6.07, 6.45) is 1.12. The van der Waals surface area contributed by atoms with E-state index in [1.54, 1.807) is 24.8 Å². The Morgan fingerprint density at radius 3 is 2.44 bits per heavy atom. The first-order valence-corrected chi connectivity index (χ1v) is 10.1. The second kappa shape index (κ2) is 7.27. The highest BCUT2D eigenvalue weighted by Gasteiger charge is 2.31. The highest BCUT2D eigenvalue weighted by Crippen LogP contribution is 2.22. The molecule has 1 saturated heterocycles. The molecule has 1 amide bonds. The largest absolute Gasteiger partial charge is 0.444 e. The molecule has 140 valence electrons. The molecule has 2 rings (SSSR count). The topological polar surface area (TPSA) is 89.5 Å². The van der Waals surface area contributed by atoms with Crippen LogP contribution in [-0.4, -0.2) is 53.8 Å². The van der Waals surface area contributed by atoms with Crippen molar-refractivity contribution in [3.05, 3.63) is 17.5 Å². The SMILES string of the molecule is Cc1cc(C)nc(S(=O)(=O)C[C@H]2CCCN(C(=O)OC(C)(C)C)C2)n1. The molecule has 1 atom stereocenters. The summed E-state index contributed by atoms with van der Waals surface area (Å²) in [6.45, 7) is 9.90. The van der Waals surface area contributed by atoms with Crippen molar-refractivity contribution >= 4 is 15.9 Å². The van der Waals surface area contributed by atoms with E-state index in [9.17, 15) is 13.2 Å². The van der Waals surface area contributed by atoms with Crippen LogP contribution < -0.4 is 0 Å². The lowest BCUT2D eigenvalue weighted by Gasteiger charge is -2.33. The quantitative estimate of drug-likeness (QED) is 0.761. The van der Waals surface area contributed by atoms with Crippen LogP contribution >= 0.6 is 0 Å². The smallest absolute Gasteiger partial charge is 0.410 e. The van der Waals surface area contributed by atoms with Crippen molar-refractivity contribution in [2.45, 2.75) is 58.2 Å². The molecule has 8 heteroatoms. The molecule has 1 aromatic heterocycles. The summed E-state index contributed by atoms with van der Waals surface area (Å²) in [6, 6.07) is 1.74. The van der Waals surface area contributed by atoms with E-state index in [1.165, 1.54) is 0 Å². The number of carbonyl (C=O) groups excluding carboxylic acids is 1. The van der Waals surface area contributed by atoms with E-state index in [0.717, 1.165) is 12.8 Å². The highest BCUT2D eigenvalue weighted by molar-refractivity contribution is 7.91. The van der Waals surface area contributed by atoms with E-state index < -0.39 is 21.5 Å². The molecule has 0 saturated carbocycles. The number of nitrogens with zero attached hydrogens (tertiary/aromatic N) is 3. The van der Waals surface area contributed by atoms with Gasteiger partial charge in [0.15, 0.2) is 0 Å². The van der Waals surface area contributed by atoms with Crippen LogP contribution in [0.25, 0.3) is 0 Å². The predicted molar refractivity (Wildman–Crippen MR) is 94.1 cm³/mol. The molecule has 1 fully saturated rings. The van der Waals surface area contributed by atoms with Gasteiger partial charge >= 0.3 is 6.09 Å². The van der Waals surface area contributed by atoms with Gasteiger partial charge in [-0.25, -0.2) is 23.2 Å². The maximum atomic E-state index is 12.7. The van der Waals surface area contributed by atoms with Gasteiger partial charge in [-0.2, -0.15) is 0 Å². The lowest BCUT2D eigenvalue weighted by atomic mass is 10.0. The number of aromatic nitrogens is 2. The Labute approximate surface area is 149 Å². The van der Waals surface area contributed by atoms with E-state index in [-0.39, 0.29) is 16.8 Å². The Kier molecular flexibility index (Phi) is 5.71. The van der Waals surface area contributed by atoms with Gasteiger partial charge in [-0.15, -0.1) is 0 Å². The lowest BCUT2D eigenvalue weighted by molar-refractivity contribution is 0.0176. The number of carbonyl (C=O) groups is 1. The van der Waals surface area contributed by atoms with Crippen molar-refractivity contribution in [1.29, 1.82) is 0 Å². The first kappa shape index (κ1) is 19.6. The van der Waals surface area contributed by atoms with Crippen molar-refractivity contribution in [3.8, 4) is 0 Å². The van der Waals surface area contributed by atoms with E-state index in [2.05, 4.69) is 9.97 Å². The summed E-state index contributed by atoms with van der Waals surface area (Å²) in [5, 5.41) is -0.126. The Bertz CT molecular complexity index is 721. The van der Waals surface area contributed by atoms with Crippen LogP contribution in [0.4, 0.5) is 4.79 Å². The van der Waals surface area contributed by atoms with Crippen LogP contribution in [0.1, 0.15) is 45.0 Å². The van der Waals surface area contributed by atoms with Crippen molar-refractivity contribution in [1.82, 2.24) is 14.9 Å². The fraction of sp³-hybridized carbons (Fsp3) is 0.706. The molecule has 1 aliphatic rings. The molecule has 0 spiro atoms. The first-order chi connectivity index (χ1) is 11.5. The summed E-state index contributed by atoms with van der Waals surface area (Å²) >= 11 is 0. The molecule has 0 aromatic carbocycles. The molecule has 0 bridgehead atoms. The Morgan fingerprint density at radius 2 is 1.88 bits per heavy atom. The normalized spacial score (nSPS) is 18.9. The molecule has 25 heavy (non-hydrogen) atoms. The standard InChI is InChI=1S/C17H27N3O4S/c1-12-9-13(2)19-15(18-12)25(22,23)11-14-7-6-8-20(10-14)16(21)24-17(3,4)5/h9,14H,6-8,10-11H2,1-5H3/t14-/m0/s1. The third-order valence-corrected chi connectivity index (χ3v) is 5.51. The number of sulfone groups is 1. The maximum Gasteiger partial charge on any atom is 0.410 e. The average molecular weight is 369 g/mol. The lowest BCUT2D eigenvalue weighted by Crippen LogP contribution is -2.44. The summed E-state index contributed by atoms with van der Waals surface area (Å²) in [5.74, 6) is -0.203. The highest BCUT2D eigenvalue weighted by atomic mass is 32.2. The minimum absolute atomic E-state index is 0.0603. The van der Waals surface area contributed by atoms with Crippen molar-refractivity contribution in [3.63, 3.8) is 0 Å². The minimum Gasteiger partial charge on any atom is -0.444 e. The monoisotopic (exact) mass is 369 g/mol. The molecule has 7 nitrogen and oxygen atoms in total. The van der Waals surface area contributed by atoms with E-state index in [1.807, 2.05) is 20.8 Å². The van der Waals surface area contributed by atoms with Crippen molar-refractivity contribution in [2.75, 3.05) is 18.8 Å². The first-order valence-electron chi connectivity index (χ1n) is 8.49. The third-order valence-electron chi connectivity index (χ3n) is 3.87. The van der Waals surface area contributed by atoms with Crippen molar-refractivity contribution in [2.24, 2.45) is 5.92 Å². The molecule has 1 aromatic rings. The Hall–Kier alpha value is -1.70. The number of rotatable bonds is 3. The summed E-state index contributed by atoms with van der Waals surface area (Å²) in [7, 11) is -3.59. The Balaban J connectivity index is 2.07. The fourth-order valence-corrected chi connectivity index (χ4v) is 4.52. The van der Waals surface area contributed by atoms with Gasteiger partial charge in [-0.3, -0.25) is 0 Å². The van der Waals surface area contributed by atoms with Gasteiger partial charge in [0.05, 0.1) is 5.75 Å². The van der Waals surface area contributed by atoms with E-state index in [4.69, 9.17) is 4.74 Å². The van der Waals surface area contributed by atoms with Crippen LogP contribution in [0.3, 0.4) is 0 Å². The Morgan fingerprint density at radius 1 is 1.28 bits per heavy atom. The van der Waals surface area contributed by atoms with E-state index in [0.29, 0.717) is 24.5 Å². The molecule has 0 radical (unpaired) electrons. The van der Waals surface area contributed by atoms with Gasteiger partial charge in [0.1, 0.15) is 5.60 Å². The second-order valence-corrected chi connectivity index (χ2v) is 9.58. The van der Waals surface area contributed by atoms with Crippen LogP contribution in [-0.2, 0) is 14.6 Å². The number of ether oxygens (including phenoxy) is 1. The van der Waals surface area contributed by atoms with Gasteiger partial charge in [0, 0.05) is 24.5 Å². The van der Waals surface area contributed by atoms with Crippen molar-refractivity contribution < 1.29 is 17.9 Å². The zero-order chi connectivity index (χ0) is 18.8. The number of likely N-dealkylation sites (tertiary alicyclic amines) is 1. The molecular formula is C17H27N3O4S. The van der Waals surface area contributed by atoms with Gasteiger partial charge in [-0.05, 0) is 59.4 Å². The maximum absolute atomic E-state index is 12.7. The number of aryl methyl sites for hydroxylation is 2. The third kappa shape index (κ3) is 5.66. The molecule has 0 N–H and O–H groups in total. The van der Waals surface area contributed by atoms with Gasteiger partial charge in [0.2, 0.25) is 15.0 Å². The molecular weight excluding hydrogens is 342 g/mol. The van der Waals surface area contributed by atoms with Gasteiger partial charge in [0.25, 0.3) is 0 Å². The van der Waals surface area contributed by atoms with Crippen LogP contribution in [0, 0.1) is 19.8 Å². The summed E-state index contributed by atoms with van der Waals surface area (Å²) < 4.78 is 30.7. The molecule has 1 aliphatic heterocycles. The average Bonchev–Trinajstić information content (AvgIpc) is 2.44. The van der Waals surface area contributed by atoms with Gasteiger partial charge in [-0.1, -0.05) is 0 Å². The zero-order valence-electron chi connectivity index (χ0n) is 15.6. The molecule has 2 heterocycles. The van der Waals surface area contributed by atoms with Crippen LogP contribution in [0.2, 0.25) is 0 Å². The second-order valence-electron chi connectivity index (χ2n) is 7.65. The minimum atomic E-state index is -3.59. The zero-order valence-corrected chi connectivity index (χ0v) is 16.4. The number of piperidine rings is 1. The predicted octanol–water partition coefficient (Wildman–Crippen LogP) is 2.51. The van der Waals surface area contributed by atoms with Crippen LogP contribution in [0.5, 0.6) is 0 Å². The molecule has 0 unspecified atom stereocenters.